The minimum atomic E-state index is -0.453. The summed E-state index contributed by atoms with van der Waals surface area (Å²) in [6.45, 7) is 1.62. The molecule has 0 aliphatic rings. The van der Waals surface area contributed by atoms with Crippen molar-refractivity contribution in [3.8, 4) is 5.75 Å². The molecule has 0 bridgehead atoms. The van der Waals surface area contributed by atoms with E-state index in [1.807, 2.05) is 23.6 Å². The first-order chi connectivity index (χ1) is 20.6. The van der Waals surface area contributed by atoms with Gasteiger partial charge in [-0.1, -0.05) is 35.3 Å². The van der Waals surface area contributed by atoms with Gasteiger partial charge in [0.25, 0.3) is 0 Å². The smallest absolute Gasteiger partial charge is 0.250 e. The molecule has 0 spiro atoms. The van der Waals surface area contributed by atoms with Gasteiger partial charge in [0.2, 0.25) is 17.7 Å². The number of imidazole rings is 1. The molecule has 0 saturated heterocycles. The number of halogens is 3. The molecule has 13 heteroatoms. The molecule has 0 radical (unpaired) electrons. The van der Waals surface area contributed by atoms with Gasteiger partial charge in [0, 0.05) is 42.7 Å². The van der Waals surface area contributed by atoms with E-state index in [1.54, 1.807) is 55.6 Å². The summed E-state index contributed by atoms with van der Waals surface area (Å²) in [5.74, 6) is -0.572. The number of methoxy groups -OCH3 is 1. The molecule has 0 saturated carbocycles. The Bertz CT molecular complexity index is 1690. The van der Waals surface area contributed by atoms with Crippen LogP contribution in [0.1, 0.15) is 16.8 Å². The van der Waals surface area contributed by atoms with E-state index in [9.17, 15) is 14.4 Å². The summed E-state index contributed by atoms with van der Waals surface area (Å²) in [7, 11) is 3.00. The second-order valence-corrected chi connectivity index (χ2v) is 10.8. The van der Waals surface area contributed by atoms with Gasteiger partial charge in [-0.25, -0.2) is 4.98 Å². The van der Waals surface area contributed by atoms with Crippen LogP contribution in [0.25, 0.3) is 11.7 Å². The van der Waals surface area contributed by atoms with E-state index in [0.29, 0.717) is 33.4 Å². The minimum absolute atomic E-state index is 0.0404. The average molecular weight is 689 g/mol. The van der Waals surface area contributed by atoms with Crippen molar-refractivity contribution in [3.05, 3.63) is 92.3 Å². The van der Waals surface area contributed by atoms with Gasteiger partial charge in [0.05, 0.1) is 22.9 Å². The average Bonchev–Trinajstić information content (AvgIpc) is 3.28. The van der Waals surface area contributed by atoms with Crippen LogP contribution in [-0.4, -0.2) is 54.4 Å². The van der Waals surface area contributed by atoms with Crippen LogP contribution in [0.2, 0.25) is 10.0 Å². The highest BCUT2D eigenvalue weighted by molar-refractivity contribution is 9.10. The van der Waals surface area contributed by atoms with Gasteiger partial charge >= 0.3 is 0 Å². The van der Waals surface area contributed by atoms with Crippen LogP contribution in [0.3, 0.4) is 0 Å². The van der Waals surface area contributed by atoms with E-state index in [0.717, 1.165) is 15.9 Å². The van der Waals surface area contributed by atoms with E-state index in [4.69, 9.17) is 32.7 Å². The van der Waals surface area contributed by atoms with Crippen molar-refractivity contribution in [2.24, 2.45) is 0 Å². The van der Waals surface area contributed by atoms with Crippen molar-refractivity contribution in [2.75, 3.05) is 37.5 Å². The van der Waals surface area contributed by atoms with Gasteiger partial charge < -0.3 is 25.0 Å². The third-order valence-electron chi connectivity index (χ3n) is 6.30. The number of ether oxygens (including phenoxy) is 2. The molecule has 4 rings (SSSR count). The van der Waals surface area contributed by atoms with E-state index >= 15 is 0 Å². The first kappa shape index (κ1) is 32.0. The highest BCUT2D eigenvalue weighted by Gasteiger charge is 2.20. The van der Waals surface area contributed by atoms with Crippen LogP contribution in [0.5, 0.6) is 5.75 Å². The van der Waals surface area contributed by atoms with Crippen LogP contribution in [-0.2, 0) is 25.7 Å². The standard InChI is InChI=1S/C30H28BrCl2N5O5/c1-18-29(31)38-14-4-5-24(30(38)35-18)43-16-21-22(32)11-12-23(28(21)33)37(2)27(41)15-34-25(39)13-8-19-6-9-20(10-7-19)36-26(40)17-42-3/h4-14H,15-17H2,1-3H3,(H,34,39)(H,36,40)/b13-8+. The van der Waals surface area contributed by atoms with Crippen LogP contribution < -0.4 is 20.3 Å². The molecule has 3 amide bonds. The number of likely N-dealkylation sites (N-methyl/N-ethyl adjacent to an activating group) is 1. The highest BCUT2D eigenvalue weighted by atomic mass is 79.9. The Balaban J connectivity index is 1.35. The van der Waals surface area contributed by atoms with Crippen molar-refractivity contribution in [1.82, 2.24) is 14.7 Å². The summed E-state index contributed by atoms with van der Waals surface area (Å²) in [5, 5.41) is 5.90. The monoisotopic (exact) mass is 687 g/mol. The molecule has 2 N–H and O–H groups in total. The number of nitrogens with one attached hydrogen (secondary N) is 2. The summed E-state index contributed by atoms with van der Waals surface area (Å²) >= 11 is 16.7. The maximum atomic E-state index is 12.9. The Hall–Kier alpha value is -3.90. The molecule has 2 aromatic carbocycles. The lowest BCUT2D eigenvalue weighted by Gasteiger charge is -2.21. The molecule has 224 valence electrons. The number of carbonyl (C=O) groups excluding carboxylic acids is 3. The van der Waals surface area contributed by atoms with Gasteiger partial charge in [-0.2, -0.15) is 0 Å². The summed E-state index contributed by atoms with van der Waals surface area (Å²) in [5.41, 5.74) is 3.70. The van der Waals surface area contributed by atoms with Crippen molar-refractivity contribution < 1.29 is 23.9 Å². The molecule has 0 fully saturated rings. The Kier molecular flexibility index (Phi) is 10.8. The van der Waals surface area contributed by atoms with Gasteiger partial charge in [0.15, 0.2) is 11.4 Å². The molecule has 0 atom stereocenters. The number of hydrogen-bond acceptors (Lipinski definition) is 6. The first-order valence-electron chi connectivity index (χ1n) is 12.9. The number of hydrogen-bond donors (Lipinski definition) is 2. The van der Waals surface area contributed by atoms with Crippen LogP contribution in [0.4, 0.5) is 11.4 Å². The molecule has 2 heterocycles. The van der Waals surface area contributed by atoms with Crippen LogP contribution in [0.15, 0.2) is 65.4 Å². The molecular formula is C30H28BrCl2N5O5. The fourth-order valence-corrected chi connectivity index (χ4v) is 5.00. The van der Waals surface area contributed by atoms with Crippen molar-refractivity contribution in [2.45, 2.75) is 13.5 Å². The zero-order valence-corrected chi connectivity index (χ0v) is 26.6. The number of aryl methyl sites for hydroxylation is 1. The predicted molar refractivity (Wildman–Crippen MR) is 171 cm³/mol. The number of nitrogens with zero attached hydrogens (tertiary/aromatic N) is 3. The van der Waals surface area contributed by atoms with E-state index in [1.165, 1.54) is 18.1 Å². The Morgan fingerprint density at radius 2 is 1.86 bits per heavy atom. The third-order valence-corrected chi connectivity index (χ3v) is 8.03. The van der Waals surface area contributed by atoms with Gasteiger partial charge in [-0.3, -0.25) is 18.8 Å². The predicted octanol–water partition coefficient (Wildman–Crippen LogP) is 5.67. The third kappa shape index (κ3) is 7.94. The number of anilines is 2. The largest absolute Gasteiger partial charge is 0.485 e. The number of fused-ring (bicyclic) bond motifs is 1. The summed E-state index contributed by atoms with van der Waals surface area (Å²) in [4.78, 5) is 42.8. The van der Waals surface area contributed by atoms with Crippen LogP contribution >= 0.6 is 39.1 Å². The van der Waals surface area contributed by atoms with Crippen molar-refractivity contribution >= 4 is 80.0 Å². The minimum Gasteiger partial charge on any atom is -0.485 e. The molecule has 4 aromatic rings. The van der Waals surface area contributed by atoms with Crippen LogP contribution in [0, 0.1) is 6.92 Å². The van der Waals surface area contributed by atoms with Gasteiger partial charge in [-0.15, -0.1) is 0 Å². The second kappa shape index (κ2) is 14.5. The second-order valence-electron chi connectivity index (χ2n) is 9.31. The Labute approximate surface area is 266 Å². The highest BCUT2D eigenvalue weighted by Crippen LogP contribution is 2.35. The zero-order chi connectivity index (χ0) is 31.1. The Morgan fingerprint density at radius 3 is 2.58 bits per heavy atom. The summed E-state index contributed by atoms with van der Waals surface area (Å²) < 4.78 is 13.5. The fraction of sp³-hybridized carbons (Fsp3) is 0.200. The molecular weight excluding hydrogens is 661 g/mol. The zero-order valence-electron chi connectivity index (χ0n) is 23.5. The summed E-state index contributed by atoms with van der Waals surface area (Å²) in [6.07, 6.45) is 4.78. The number of pyridine rings is 1. The molecule has 43 heavy (non-hydrogen) atoms. The van der Waals surface area contributed by atoms with E-state index < -0.39 is 11.8 Å². The molecule has 2 aromatic heterocycles. The SMILES string of the molecule is COCC(=O)Nc1ccc(/C=C/C(=O)NCC(=O)N(C)c2ccc(Cl)c(COc3cccn4c(Br)c(C)nc34)c2Cl)cc1. The van der Waals surface area contributed by atoms with Crippen molar-refractivity contribution in [1.29, 1.82) is 0 Å². The van der Waals surface area contributed by atoms with E-state index in [2.05, 4.69) is 31.5 Å². The Morgan fingerprint density at radius 1 is 1.12 bits per heavy atom. The lowest BCUT2D eigenvalue weighted by molar-refractivity contribution is -0.122. The fourth-order valence-electron chi connectivity index (χ4n) is 4.02. The quantitative estimate of drug-likeness (QED) is 0.197. The number of benzene rings is 2. The molecule has 0 unspecified atom stereocenters. The van der Waals surface area contributed by atoms with Gasteiger partial charge in [-0.05, 0) is 70.9 Å². The number of rotatable bonds is 11. The number of carbonyl (C=O) groups is 3. The number of amides is 3. The molecule has 0 aliphatic carbocycles. The molecule has 0 aliphatic heterocycles. The normalized spacial score (nSPS) is 11.1. The lowest BCUT2D eigenvalue weighted by atomic mass is 10.2. The maximum Gasteiger partial charge on any atom is 0.250 e. The van der Waals surface area contributed by atoms with Gasteiger partial charge in [0.1, 0.15) is 17.8 Å². The van der Waals surface area contributed by atoms with Crippen molar-refractivity contribution in [3.63, 3.8) is 0 Å². The number of aromatic nitrogens is 2. The maximum absolute atomic E-state index is 12.9. The first-order valence-corrected chi connectivity index (χ1v) is 14.5. The lowest BCUT2D eigenvalue weighted by Crippen LogP contribution is -2.37. The topological polar surface area (TPSA) is 114 Å². The summed E-state index contributed by atoms with van der Waals surface area (Å²) in [6, 6.07) is 13.8. The van der Waals surface area contributed by atoms with E-state index in [-0.39, 0.29) is 30.7 Å². The molecule has 10 nitrogen and oxygen atoms in total.